The first-order valence-electron chi connectivity index (χ1n) is 4.21. The highest BCUT2D eigenvalue weighted by Crippen LogP contribution is 2.04. The van der Waals surface area contributed by atoms with Gasteiger partial charge in [0.2, 0.25) is 0 Å². The Morgan fingerprint density at radius 2 is 2.08 bits per heavy atom. The Labute approximate surface area is 76.8 Å². The molecule has 68 valence electrons. The molecular formula is C10H11NO2. The van der Waals surface area contributed by atoms with Gasteiger partial charge in [0.25, 0.3) is 0 Å². The quantitative estimate of drug-likeness (QED) is 0.390. The van der Waals surface area contributed by atoms with E-state index in [1.807, 2.05) is 0 Å². The van der Waals surface area contributed by atoms with Crippen molar-refractivity contribution in [1.82, 2.24) is 4.98 Å². The van der Waals surface area contributed by atoms with Crippen LogP contribution < -0.4 is 0 Å². The lowest BCUT2D eigenvalue weighted by molar-refractivity contribution is -0.107. The number of pyridine rings is 1. The van der Waals surface area contributed by atoms with E-state index in [0.29, 0.717) is 24.8 Å². The van der Waals surface area contributed by atoms with E-state index < -0.39 is 0 Å². The van der Waals surface area contributed by atoms with Crippen LogP contribution in [-0.4, -0.2) is 17.1 Å². The maximum atomic E-state index is 11.4. The van der Waals surface area contributed by atoms with Crippen molar-refractivity contribution in [3.63, 3.8) is 0 Å². The van der Waals surface area contributed by atoms with E-state index in [4.69, 9.17) is 0 Å². The standard InChI is InChI=1S/C10H11NO2/c12-8-2-1-3-10(13)9-4-6-11-7-5-9/h4-8H,1-3H2. The minimum atomic E-state index is 0.0734. The highest BCUT2D eigenvalue weighted by atomic mass is 16.1. The molecule has 0 atom stereocenters. The normalized spacial score (nSPS) is 9.54. The molecule has 0 fully saturated rings. The summed E-state index contributed by atoms with van der Waals surface area (Å²) >= 11 is 0. The van der Waals surface area contributed by atoms with Gasteiger partial charge in [-0.15, -0.1) is 0 Å². The minimum absolute atomic E-state index is 0.0734. The Kier molecular flexibility index (Phi) is 3.82. The molecule has 0 bridgehead atoms. The summed E-state index contributed by atoms with van der Waals surface area (Å²) in [5.74, 6) is 0.0734. The van der Waals surface area contributed by atoms with Crippen LogP contribution >= 0.6 is 0 Å². The number of hydrogen-bond acceptors (Lipinski definition) is 3. The third-order valence-electron chi connectivity index (χ3n) is 1.73. The molecule has 0 aliphatic heterocycles. The lowest BCUT2D eigenvalue weighted by atomic mass is 10.1. The third-order valence-corrected chi connectivity index (χ3v) is 1.73. The Hall–Kier alpha value is -1.51. The first-order chi connectivity index (χ1) is 6.34. The molecule has 1 heterocycles. The molecule has 0 aromatic carbocycles. The van der Waals surface area contributed by atoms with Crippen molar-refractivity contribution in [2.45, 2.75) is 19.3 Å². The summed E-state index contributed by atoms with van der Waals surface area (Å²) in [6, 6.07) is 3.37. The van der Waals surface area contributed by atoms with Gasteiger partial charge in [0.15, 0.2) is 5.78 Å². The number of carbonyl (C=O) groups excluding carboxylic acids is 2. The molecule has 0 aliphatic carbocycles. The van der Waals surface area contributed by atoms with Crippen molar-refractivity contribution < 1.29 is 9.59 Å². The number of Topliss-reactive ketones (excluding diaryl/α,β-unsaturated/α-hetero) is 1. The highest BCUT2D eigenvalue weighted by Gasteiger charge is 2.03. The van der Waals surface area contributed by atoms with Crippen LogP contribution in [0.1, 0.15) is 29.6 Å². The van der Waals surface area contributed by atoms with Gasteiger partial charge in [-0.05, 0) is 18.6 Å². The lowest BCUT2D eigenvalue weighted by Gasteiger charge is -1.97. The SMILES string of the molecule is O=CCCCC(=O)c1ccncc1. The van der Waals surface area contributed by atoms with Crippen LogP contribution in [0.25, 0.3) is 0 Å². The Balaban J connectivity index is 2.45. The molecule has 0 spiro atoms. The molecule has 1 aromatic rings. The van der Waals surface area contributed by atoms with Crippen LogP contribution in [0.5, 0.6) is 0 Å². The van der Waals surface area contributed by atoms with Crippen molar-refractivity contribution in [3.05, 3.63) is 30.1 Å². The van der Waals surface area contributed by atoms with Crippen LogP contribution in [0, 0.1) is 0 Å². The van der Waals surface area contributed by atoms with E-state index in [1.54, 1.807) is 24.5 Å². The Bertz CT molecular complexity index is 282. The zero-order valence-corrected chi connectivity index (χ0v) is 7.27. The molecule has 3 nitrogen and oxygen atoms in total. The van der Waals surface area contributed by atoms with Crippen molar-refractivity contribution in [2.24, 2.45) is 0 Å². The van der Waals surface area contributed by atoms with Crippen LogP contribution in [0.15, 0.2) is 24.5 Å². The molecule has 0 N–H and O–H groups in total. The number of aldehydes is 1. The number of hydrogen-bond donors (Lipinski definition) is 0. The third kappa shape index (κ3) is 3.15. The van der Waals surface area contributed by atoms with Gasteiger partial charge < -0.3 is 4.79 Å². The fourth-order valence-electron chi connectivity index (χ4n) is 1.03. The van der Waals surface area contributed by atoms with E-state index in [2.05, 4.69) is 4.98 Å². The second kappa shape index (κ2) is 5.19. The van der Waals surface area contributed by atoms with Gasteiger partial charge in [0.1, 0.15) is 6.29 Å². The zero-order chi connectivity index (χ0) is 9.52. The molecule has 0 amide bonds. The predicted molar refractivity (Wildman–Crippen MR) is 48.5 cm³/mol. The summed E-state index contributed by atoms with van der Waals surface area (Å²) in [5, 5.41) is 0. The number of nitrogens with zero attached hydrogens (tertiary/aromatic N) is 1. The van der Waals surface area contributed by atoms with Crippen LogP contribution in [0.2, 0.25) is 0 Å². The first kappa shape index (κ1) is 9.58. The van der Waals surface area contributed by atoms with E-state index in [1.165, 1.54) is 0 Å². The molecule has 0 unspecified atom stereocenters. The Morgan fingerprint density at radius 3 is 2.69 bits per heavy atom. The minimum Gasteiger partial charge on any atom is -0.303 e. The smallest absolute Gasteiger partial charge is 0.162 e. The van der Waals surface area contributed by atoms with Gasteiger partial charge in [-0.2, -0.15) is 0 Å². The number of carbonyl (C=O) groups is 2. The summed E-state index contributed by atoms with van der Waals surface area (Å²) in [4.78, 5) is 25.2. The molecular weight excluding hydrogens is 166 g/mol. The van der Waals surface area contributed by atoms with Gasteiger partial charge in [-0.25, -0.2) is 0 Å². The molecule has 1 rings (SSSR count). The van der Waals surface area contributed by atoms with E-state index >= 15 is 0 Å². The summed E-state index contributed by atoms with van der Waals surface area (Å²) < 4.78 is 0. The average Bonchev–Trinajstić information content (AvgIpc) is 2.19. The summed E-state index contributed by atoms with van der Waals surface area (Å²) in [5.41, 5.74) is 0.667. The fourth-order valence-corrected chi connectivity index (χ4v) is 1.03. The number of unbranched alkanes of at least 4 members (excludes halogenated alkanes) is 1. The number of aromatic nitrogens is 1. The number of rotatable bonds is 5. The largest absolute Gasteiger partial charge is 0.303 e. The molecule has 1 aromatic heterocycles. The average molecular weight is 177 g/mol. The molecule has 0 aliphatic rings. The monoisotopic (exact) mass is 177 g/mol. The second-order valence-electron chi connectivity index (χ2n) is 2.72. The van der Waals surface area contributed by atoms with Crippen molar-refractivity contribution in [1.29, 1.82) is 0 Å². The molecule has 0 radical (unpaired) electrons. The van der Waals surface area contributed by atoms with Crippen LogP contribution in [0.4, 0.5) is 0 Å². The Morgan fingerprint density at radius 1 is 1.38 bits per heavy atom. The predicted octanol–water partition coefficient (Wildman–Crippen LogP) is 1.63. The van der Waals surface area contributed by atoms with Gasteiger partial charge in [0, 0.05) is 30.8 Å². The van der Waals surface area contributed by atoms with Crippen molar-refractivity contribution in [3.8, 4) is 0 Å². The van der Waals surface area contributed by atoms with Gasteiger partial charge in [-0.1, -0.05) is 0 Å². The summed E-state index contributed by atoms with van der Waals surface area (Å²) in [7, 11) is 0. The fraction of sp³-hybridized carbons (Fsp3) is 0.300. The molecule has 13 heavy (non-hydrogen) atoms. The van der Waals surface area contributed by atoms with E-state index in [-0.39, 0.29) is 5.78 Å². The highest BCUT2D eigenvalue weighted by molar-refractivity contribution is 5.95. The topological polar surface area (TPSA) is 47.0 Å². The van der Waals surface area contributed by atoms with E-state index in [9.17, 15) is 9.59 Å². The van der Waals surface area contributed by atoms with Gasteiger partial charge >= 0.3 is 0 Å². The summed E-state index contributed by atoms with van der Waals surface area (Å²) in [6.07, 6.45) is 5.53. The lowest BCUT2D eigenvalue weighted by Crippen LogP contribution is -1.98. The van der Waals surface area contributed by atoms with Crippen molar-refractivity contribution >= 4 is 12.1 Å². The summed E-state index contributed by atoms with van der Waals surface area (Å²) in [6.45, 7) is 0. The second-order valence-corrected chi connectivity index (χ2v) is 2.72. The first-order valence-corrected chi connectivity index (χ1v) is 4.21. The van der Waals surface area contributed by atoms with Crippen molar-refractivity contribution in [2.75, 3.05) is 0 Å². The molecule has 3 heteroatoms. The zero-order valence-electron chi connectivity index (χ0n) is 7.27. The van der Waals surface area contributed by atoms with Gasteiger partial charge in [-0.3, -0.25) is 9.78 Å². The number of ketones is 1. The molecule has 0 saturated heterocycles. The van der Waals surface area contributed by atoms with Gasteiger partial charge in [0.05, 0.1) is 0 Å². The van der Waals surface area contributed by atoms with Crippen LogP contribution in [0.3, 0.4) is 0 Å². The maximum absolute atomic E-state index is 11.4. The van der Waals surface area contributed by atoms with Crippen LogP contribution in [-0.2, 0) is 4.79 Å². The maximum Gasteiger partial charge on any atom is 0.162 e. The molecule has 0 saturated carbocycles. The van der Waals surface area contributed by atoms with E-state index in [0.717, 1.165) is 6.29 Å².